The number of rotatable bonds is 4. The van der Waals surface area contributed by atoms with E-state index in [9.17, 15) is 9.59 Å². The Bertz CT molecular complexity index is 301. The van der Waals surface area contributed by atoms with E-state index < -0.39 is 11.9 Å². The molecule has 0 aliphatic heterocycles. The van der Waals surface area contributed by atoms with Crippen molar-refractivity contribution in [2.24, 2.45) is 5.92 Å². The van der Waals surface area contributed by atoms with E-state index in [0.29, 0.717) is 12.2 Å². The van der Waals surface area contributed by atoms with Gasteiger partial charge in [0.1, 0.15) is 0 Å². The molecule has 1 saturated carbocycles. The lowest BCUT2D eigenvalue weighted by atomic mass is 9.83. The van der Waals surface area contributed by atoms with Crippen molar-refractivity contribution in [3.63, 3.8) is 0 Å². The average Bonchev–Trinajstić information content (AvgIpc) is 2.36. The van der Waals surface area contributed by atoms with Crippen LogP contribution in [0.5, 0.6) is 0 Å². The molecule has 0 aromatic rings. The lowest BCUT2D eigenvalue weighted by Crippen LogP contribution is -2.19. The standard InChI is InChI=1S/C13H20O4/c1-3-17-12(14)9-11(13(15)16-2)10-7-5-4-6-8-10/h9-10H,3-8H2,1-2H3/b11-9-. The molecule has 0 heterocycles. The Kier molecular flexibility index (Phi) is 5.73. The summed E-state index contributed by atoms with van der Waals surface area (Å²) < 4.78 is 9.56. The minimum absolute atomic E-state index is 0.139. The third kappa shape index (κ3) is 4.21. The number of carbonyl (C=O) groups is 2. The van der Waals surface area contributed by atoms with Gasteiger partial charge in [0.2, 0.25) is 0 Å². The first kappa shape index (κ1) is 13.7. The van der Waals surface area contributed by atoms with Gasteiger partial charge in [0.05, 0.1) is 13.7 Å². The van der Waals surface area contributed by atoms with Crippen LogP contribution in [-0.4, -0.2) is 25.7 Å². The van der Waals surface area contributed by atoms with Gasteiger partial charge in [0.15, 0.2) is 0 Å². The zero-order chi connectivity index (χ0) is 12.7. The molecule has 0 bridgehead atoms. The summed E-state index contributed by atoms with van der Waals surface area (Å²) in [6.45, 7) is 2.05. The maximum Gasteiger partial charge on any atom is 0.334 e. The molecule has 0 atom stereocenters. The largest absolute Gasteiger partial charge is 0.466 e. The molecular formula is C13H20O4. The predicted molar refractivity (Wildman–Crippen MR) is 63.3 cm³/mol. The fraction of sp³-hybridized carbons (Fsp3) is 0.692. The first-order valence-corrected chi connectivity index (χ1v) is 6.15. The van der Waals surface area contributed by atoms with Crippen molar-refractivity contribution in [3.8, 4) is 0 Å². The molecule has 0 spiro atoms. The molecule has 96 valence electrons. The van der Waals surface area contributed by atoms with Gasteiger partial charge in [-0.25, -0.2) is 9.59 Å². The van der Waals surface area contributed by atoms with Gasteiger partial charge in [-0.15, -0.1) is 0 Å². The molecule has 1 aliphatic rings. The minimum atomic E-state index is -0.460. The number of hydrogen-bond acceptors (Lipinski definition) is 4. The summed E-state index contributed by atoms with van der Waals surface area (Å²) in [4.78, 5) is 23.1. The Morgan fingerprint density at radius 3 is 2.41 bits per heavy atom. The van der Waals surface area contributed by atoms with Crippen molar-refractivity contribution in [2.75, 3.05) is 13.7 Å². The lowest BCUT2D eigenvalue weighted by molar-refractivity contribution is -0.140. The van der Waals surface area contributed by atoms with Crippen LogP contribution < -0.4 is 0 Å². The maximum absolute atomic E-state index is 11.7. The van der Waals surface area contributed by atoms with Crippen LogP contribution in [0.15, 0.2) is 11.6 Å². The van der Waals surface area contributed by atoms with E-state index in [1.165, 1.54) is 19.6 Å². The summed E-state index contributed by atoms with van der Waals surface area (Å²) in [5.74, 6) is -0.732. The summed E-state index contributed by atoms with van der Waals surface area (Å²) in [7, 11) is 1.34. The highest BCUT2D eigenvalue weighted by Crippen LogP contribution is 2.30. The van der Waals surface area contributed by atoms with E-state index >= 15 is 0 Å². The third-order valence-corrected chi connectivity index (χ3v) is 3.03. The molecule has 1 rings (SSSR count). The number of esters is 2. The quantitative estimate of drug-likeness (QED) is 0.558. The van der Waals surface area contributed by atoms with Crippen molar-refractivity contribution >= 4 is 11.9 Å². The fourth-order valence-electron chi connectivity index (χ4n) is 2.19. The molecule has 1 fully saturated rings. The topological polar surface area (TPSA) is 52.6 Å². The van der Waals surface area contributed by atoms with Crippen molar-refractivity contribution < 1.29 is 19.1 Å². The number of ether oxygens (including phenoxy) is 2. The van der Waals surface area contributed by atoms with E-state index in [0.717, 1.165) is 25.7 Å². The highest BCUT2D eigenvalue weighted by Gasteiger charge is 2.24. The molecule has 4 heteroatoms. The SMILES string of the molecule is CCOC(=O)/C=C(\C(=O)OC)C1CCCCC1. The molecule has 1 aliphatic carbocycles. The van der Waals surface area contributed by atoms with Crippen LogP contribution in [0.2, 0.25) is 0 Å². The van der Waals surface area contributed by atoms with Gasteiger partial charge in [0.25, 0.3) is 0 Å². The van der Waals surface area contributed by atoms with Crippen molar-refractivity contribution in [2.45, 2.75) is 39.0 Å². The summed E-state index contributed by atoms with van der Waals surface area (Å²) >= 11 is 0. The average molecular weight is 240 g/mol. The predicted octanol–water partition coefficient (Wildman–Crippen LogP) is 2.23. The summed E-state index contributed by atoms with van der Waals surface area (Å²) in [5.41, 5.74) is 0.464. The molecule has 0 radical (unpaired) electrons. The second-order valence-electron chi connectivity index (χ2n) is 4.18. The smallest absolute Gasteiger partial charge is 0.334 e. The Balaban J connectivity index is 2.78. The van der Waals surface area contributed by atoms with Crippen molar-refractivity contribution in [3.05, 3.63) is 11.6 Å². The van der Waals surface area contributed by atoms with Crippen LogP contribution in [0.3, 0.4) is 0 Å². The van der Waals surface area contributed by atoms with Gasteiger partial charge in [-0.1, -0.05) is 19.3 Å². The zero-order valence-corrected chi connectivity index (χ0v) is 10.5. The fourth-order valence-corrected chi connectivity index (χ4v) is 2.19. The highest BCUT2D eigenvalue weighted by molar-refractivity contribution is 5.96. The van der Waals surface area contributed by atoms with Gasteiger partial charge >= 0.3 is 11.9 Å². The van der Waals surface area contributed by atoms with E-state index in [-0.39, 0.29) is 5.92 Å². The first-order chi connectivity index (χ1) is 8.19. The Hall–Kier alpha value is -1.32. The zero-order valence-electron chi connectivity index (χ0n) is 10.5. The number of carbonyl (C=O) groups excluding carboxylic acids is 2. The third-order valence-electron chi connectivity index (χ3n) is 3.03. The van der Waals surface area contributed by atoms with Crippen molar-refractivity contribution in [1.82, 2.24) is 0 Å². The van der Waals surface area contributed by atoms with Crippen LogP contribution in [-0.2, 0) is 19.1 Å². The summed E-state index contributed by atoms with van der Waals surface area (Å²) in [6.07, 6.45) is 6.58. The normalized spacial score (nSPS) is 17.6. The van der Waals surface area contributed by atoms with Crippen LogP contribution in [0.25, 0.3) is 0 Å². The molecule has 0 aromatic heterocycles. The molecular weight excluding hydrogens is 220 g/mol. The molecule has 0 N–H and O–H groups in total. The lowest BCUT2D eigenvalue weighted by Gasteiger charge is -2.22. The number of hydrogen-bond donors (Lipinski definition) is 0. The van der Waals surface area contributed by atoms with Gasteiger partial charge < -0.3 is 9.47 Å². The molecule has 0 aromatic carbocycles. The van der Waals surface area contributed by atoms with E-state index in [1.54, 1.807) is 6.92 Å². The molecule has 0 amide bonds. The van der Waals surface area contributed by atoms with E-state index in [1.807, 2.05) is 0 Å². The van der Waals surface area contributed by atoms with Gasteiger partial charge in [0, 0.05) is 11.6 Å². The second-order valence-corrected chi connectivity index (χ2v) is 4.18. The van der Waals surface area contributed by atoms with Gasteiger partial charge in [-0.05, 0) is 25.7 Å². The first-order valence-electron chi connectivity index (χ1n) is 6.15. The van der Waals surface area contributed by atoms with E-state index in [2.05, 4.69) is 0 Å². The molecule has 0 saturated heterocycles. The Labute approximate surface area is 102 Å². The van der Waals surface area contributed by atoms with E-state index in [4.69, 9.17) is 9.47 Å². The second kappa shape index (κ2) is 7.09. The van der Waals surface area contributed by atoms with Gasteiger partial charge in [-0.2, -0.15) is 0 Å². The molecule has 17 heavy (non-hydrogen) atoms. The van der Waals surface area contributed by atoms with Crippen LogP contribution in [0.1, 0.15) is 39.0 Å². The monoisotopic (exact) mass is 240 g/mol. The van der Waals surface area contributed by atoms with Crippen molar-refractivity contribution in [1.29, 1.82) is 0 Å². The van der Waals surface area contributed by atoms with Gasteiger partial charge in [-0.3, -0.25) is 0 Å². The van der Waals surface area contributed by atoms with Crippen LogP contribution >= 0.6 is 0 Å². The minimum Gasteiger partial charge on any atom is -0.466 e. The summed E-state index contributed by atoms with van der Waals surface area (Å²) in [5, 5.41) is 0. The Morgan fingerprint density at radius 2 is 1.88 bits per heavy atom. The highest BCUT2D eigenvalue weighted by atomic mass is 16.5. The number of methoxy groups -OCH3 is 1. The maximum atomic E-state index is 11.7. The molecule has 4 nitrogen and oxygen atoms in total. The Morgan fingerprint density at radius 1 is 1.24 bits per heavy atom. The summed E-state index contributed by atoms with van der Waals surface area (Å²) in [6, 6.07) is 0. The van der Waals surface area contributed by atoms with Crippen LogP contribution in [0, 0.1) is 5.92 Å². The molecule has 0 unspecified atom stereocenters. The van der Waals surface area contributed by atoms with Crippen LogP contribution in [0.4, 0.5) is 0 Å².